The molecule has 0 aromatic carbocycles. The van der Waals surface area contributed by atoms with Crippen molar-refractivity contribution in [2.75, 3.05) is 39.6 Å². The zero-order chi connectivity index (χ0) is 20.7. The Balaban J connectivity index is 3.30. The van der Waals surface area contributed by atoms with E-state index < -0.39 is 0 Å². The molecule has 6 nitrogen and oxygen atoms in total. The highest BCUT2D eigenvalue weighted by molar-refractivity contribution is 5.70. The maximum atomic E-state index is 11.6. The van der Waals surface area contributed by atoms with Gasteiger partial charge in [-0.2, -0.15) is 0 Å². The Hall–Kier alpha value is -1.14. The van der Waals surface area contributed by atoms with Crippen molar-refractivity contribution in [1.29, 1.82) is 0 Å². The molecule has 0 saturated heterocycles. The van der Waals surface area contributed by atoms with Gasteiger partial charge in [0.05, 0.1) is 13.2 Å². The molecular formula is C22H42O6. The van der Waals surface area contributed by atoms with E-state index in [1.165, 1.54) is 0 Å². The van der Waals surface area contributed by atoms with Gasteiger partial charge in [0.25, 0.3) is 0 Å². The van der Waals surface area contributed by atoms with Gasteiger partial charge in [0.1, 0.15) is 0 Å². The molecule has 0 heterocycles. The average molecular weight is 403 g/mol. The zero-order valence-electron chi connectivity index (χ0n) is 18.2. The number of carbonyl (C=O) groups is 2. The minimum atomic E-state index is -0.191. The van der Waals surface area contributed by atoms with Crippen molar-refractivity contribution in [3.63, 3.8) is 0 Å². The maximum Gasteiger partial charge on any atom is 0.305 e. The monoisotopic (exact) mass is 402 g/mol. The van der Waals surface area contributed by atoms with Crippen LogP contribution in [0.1, 0.15) is 90.9 Å². The Labute approximate surface area is 171 Å². The lowest BCUT2D eigenvalue weighted by atomic mass is 10.2. The van der Waals surface area contributed by atoms with Gasteiger partial charge in [0.2, 0.25) is 0 Å². The Morgan fingerprint density at radius 2 is 0.857 bits per heavy atom. The van der Waals surface area contributed by atoms with Gasteiger partial charge in [0.15, 0.2) is 0 Å². The molecule has 0 N–H and O–H groups in total. The predicted molar refractivity (Wildman–Crippen MR) is 110 cm³/mol. The highest BCUT2D eigenvalue weighted by Crippen LogP contribution is 2.04. The predicted octanol–water partition coefficient (Wildman–Crippen LogP) is 4.83. The molecule has 0 saturated carbocycles. The van der Waals surface area contributed by atoms with Gasteiger partial charge in [-0.25, -0.2) is 0 Å². The van der Waals surface area contributed by atoms with Crippen LogP contribution in [0.25, 0.3) is 0 Å². The molecule has 0 aliphatic carbocycles. The van der Waals surface area contributed by atoms with Gasteiger partial charge >= 0.3 is 11.9 Å². The first kappa shape index (κ1) is 26.9. The van der Waals surface area contributed by atoms with E-state index in [1.807, 2.05) is 0 Å². The van der Waals surface area contributed by atoms with Crippen LogP contribution in [0.5, 0.6) is 0 Å². The Morgan fingerprint density at radius 3 is 1.25 bits per heavy atom. The molecule has 0 atom stereocenters. The van der Waals surface area contributed by atoms with Crippen molar-refractivity contribution >= 4 is 11.9 Å². The minimum Gasteiger partial charge on any atom is -0.466 e. The molecule has 0 radical (unpaired) electrons. The number of carbonyl (C=O) groups excluding carboxylic acids is 2. The molecule has 0 aliphatic rings. The number of unbranched alkanes of at least 4 members (excludes halogenated alkanes) is 5. The Morgan fingerprint density at radius 1 is 0.500 bits per heavy atom. The van der Waals surface area contributed by atoms with Crippen LogP contribution in [0.15, 0.2) is 0 Å². The largest absolute Gasteiger partial charge is 0.466 e. The lowest BCUT2D eigenvalue weighted by Crippen LogP contribution is -2.09. The highest BCUT2D eigenvalue weighted by atomic mass is 16.5. The summed E-state index contributed by atoms with van der Waals surface area (Å²) < 4.78 is 21.3. The zero-order valence-corrected chi connectivity index (χ0v) is 18.2. The van der Waals surface area contributed by atoms with E-state index in [2.05, 4.69) is 13.8 Å². The van der Waals surface area contributed by atoms with Crippen LogP contribution in [-0.4, -0.2) is 51.6 Å². The van der Waals surface area contributed by atoms with Crippen LogP contribution < -0.4 is 0 Å². The van der Waals surface area contributed by atoms with Gasteiger partial charge in [-0.1, -0.05) is 26.7 Å². The van der Waals surface area contributed by atoms with Crippen molar-refractivity contribution in [3.05, 3.63) is 0 Å². The number of rotatable bonds is 21. The first-order chi connectivity index (χ1) is 13.7. The van der Waals surface area contributed by atoms with Crippen LogP contribution in [0.3, 0.4) is 0 Å². The molecule has 0 aromatic rings. The van der Waals surface area contributed by atoms with Crippen LogP contribution in [0, 0.1) is 0 Å². The number of ether oxygens (including phenoxy) is 4. The quantitative estimate of drug-likeness (QED) is 0.202. The third-order valence-electron chi connectivity index (χ3n) is 4.19. The van der Waals surface area contributed by atoms with Crippen LogP contribution in [-0.2, 0) is 28.5 Å². The number of hydrogen-bond acceptors (Lipinski definition) is 6. The lowest BCUT2D eigenvalue weighted by molar-refractivity contribution is -0.146. The average Bonchev–Trinajstić information content (AvgIpc) is 2.69. The smallest absolute Gasteiger partial charge is 0.305 e. The fourth-order valence-corrected chi connectivity index (χ4v) is 2.36. The van der Waals surface area contributed by atoms with E-state index in [1.54, 1.807) is 0 Å². The molecule has 0 rings (SSSR count). The van der Waals surface area contributed by atoms with E-state index in [9.17, 15) is 9.59 Å². The summed E-state index contributed by atoms with van der Waals surface area (Å²) in [7, 11) is 0. The summed E-state index contributed by atoms with van der Waals surface area (Å²) in [6.45, 7) is 8.24. The standard InChI is InChI=1S/C22H42O6/c1-3-5-15-25-17-9-11-19-27-21(23)13-7-8-14-22(24)28-20-12-10-18-26-16-6-4-2/h3-20H2,1-2H3. The van der Waals surface area contributed by atoms with Gasteiger partial charge in [-0.3, -0.25) is 9.59 Å². The molecule has 0 fully saturated rings. The van der Waals surface area contributed by atoms with E-state index in [4.69, 9.17) is 18.9 Å². The second-order valence-corrected chi connectivity index (χ2v) is 6.99. The fraction of sp³-hybridized carbons (Fsp3) is 0.909. The van der Waals surface area contributed by atoms with Gasteiger partial charge in [-0.15, -0.1) is 0 Å². The van der Waals surface area contributed by atoms with Crippen LogP contribution in [0.4, 0.5) is 0 Å². The van der Waals surface area contributed by atoms with E-state index in [0.29, 0.717) is 38.9 Å². The van der Waals surface area contributed by atoms with Crippen molar-refractivity contribution in [3.8, 4) is 0 Å². The van der Waals surface area contributed by atoms with Crippen molar-refractivity contribution in [1.82, 2.24) is 0 Å². The van der Waals surface area contributed by atoms with Crippen molar-refractivity contribution in [2.45, 2.75) is 90.9 Å². The molecule has 0 aliphatic heterocycles. The van der Waals surface area contributed by atoms with Gasteiger partial charge < -0.3 is 18.9 Å². The summed E-state index contributed by atoms with van der Waals surface area (Å²) >= 11 is 0. The SMILES string of the molecule is CCCCOCCCCOC(=O)CCCCC(=O)OCCCCOCCCC. The molecule has 28 heavy (non-hydrogen) atoms. The fourth-order valence-electron chi connectivity index (χ4n) is 2.36. The molecule has 166 valence electrons. The Kier molecular flexibility index (Phi) is 21.3. The van der Waals surface area contributed by atoms with Gasteiger partial charge in [-0.05, 0) is 51.4 Å². The Bertz CT molecular complexity index is 325. The van der Waals surface area contributed by atoms with Crippen LogP contribution in [0.2, 0.25) is 0 Å². The minimum absolute atomic E-state index is 0.191. The summed E-state index contributed by atoms with van der Waals surface area (Å²) in [5.41, 5.74) is 0. The first-order valence-electron chi connectivity index (χ1n) is 11.2. The molecular weight excluding hydrogens is 360 g/mol. The molecule has 0 aromatic heterocycles. The molecule has 0 bridgehead atoms. The summed E-state index contributed by atoms with van der Waals surface area (Å²) in [5.74, 6) is -0.383. The number of hydrogen-bond donors (Lipinski definition) is 0. The van der Waals surface area contributed by atoms with Crippen LogP contribution >= 0.6 is 0 Å². The highest BCUT2D eigenvalue weighted by Gasteiger charge is 2.06. The third kappa shape index (κ3) is 21.2. The van der Waals surface area contributed by atoms with E-state index in [-0.39, 0.29) is 11.9 Å². The summed E-state index contributed by atoms with van der Waals surface area (Å²) in [5, 5.41) is 0. The summed E-state index contributed by atoms with van der Waals surface area (Å²) in [6.07, 6.45) is 9.97. The van der Waals surface area contributed by atoms with Gasteiger partial charge in [0, 0.05) is 39.3 Å². The lowest BCUT2D eigenvalue weighted by Gasteiger charge is -2.07. The summed E-state index contributed by atoms with van der Waals surface area (Å²) in [6, 6.07) is 0. The van der Waals surface area contributed by atoms with E-state index >= 15 is 0 Å². The second-order valence-electron chi connectivity index (χ2n) is 6.99. The molecule has 0 unspecified atom stereocenters. The number of esters is 2. The van der Waals surface area contributed by atoms with Crippen molar-refractivity contribution < 1.29 is 28.5 Å². The summed E-state index contributed by atoms with van der Waals surface area (Å²) in [4.78, 5) is 23.2. The molecule has 6 heteroatoms. The topological polar surface area (TPSA) is 71.1 Å². The van der Waals surface area contributed by atoms with Crippen molar-refractivity contribution in [2.24, 2.45) is 0 Å². The maximum absolute atomic E-state index is 11.6. The molecule has 0 amide bonds. The normalized spacial score (nSPS) is 10.8. The third-order valence-corrected chi connectivity index (χ3v) is 4.19. The van der Waals surface area contributed by atoms with E-state index in [0.717, 1.165) is 77.8 Å². The molecule has 0 spiro atoms. The first-order valence-corrected chi connectivity index (χ1v) is 11.2. The second kappa shape index (κ2) is 22.2.